The highest BCUT2D eigenvalue weighted by Crippen LogP contribution is 2.20. The number of nitrogens with one attached hydrogen (secondary N) is 1. The number of thioether (sulfide) groups is 1. The van der Waals surface area contributed by atoms with Gasteiger partial charge >= 0.3 is 0 Å². The van der Waals surface area contributed by atoms with Crippen LogP contribution in [0.5, 0.6) is 5.75 Å². The smallest absolute Gasteiger partial charge is 0.251 e. The standard InChI is InChI=1S/C22H21BrN4O3S/c1-3-12-27-20(13-24-21(29)16-4-8-17(23)9-5-16)25-26-22(27)31-14-19(28)15-6-10-18(30-2)11-7-15/h3-11H,1,12-14H2,2H3,(H,24,29). The minimum absolute atomic E-state index is 0.0223. The van der Waals surface area contributed by atoms with Crippen LogP contribution in [0.4, 0.5) is 0 Å². The number of aromatic nitrogens is 3. The molecule has 31 heavy (non-hydrogen) atoms. The Labute approximate surface area is 193 Å². The van der Waals surface area contributed by atoms with Gasteiger partial charge in [0.1, 0.15) is 5.75 Å². The molecule has 3 rings (SSSR count). The molecule has 1 aromatic heterocycles. The number of amides is 1. The van der Waals surface area contributed by atoms with E-state index in [2.05, 4.69) is 38.0 Å². The first-order chi connectivity index (χ1) is 15.0. The Morgan fingerprint density at radius 1 is 1.13 bits per heavy atom. The van der Waals surface area contributed by atoms with Crippen LogP contribution >= 0.6 is 27.7 Å². The van der Waals surface area contributed by atoms with Crippen LogP contribution in [0, 0.1) is 0 Å². The molecule has 0 aliphatic rings. The minimum atomic E-state index is -0.204. The van der Waals surface area contributed by atoms with E-state index >= 15 is 0 Å². The zero-order valence-corrected chi connectivity index (χ0v) is 19.3. The second-order valence-electron chi connectivity index (χ2n) is 6.43. The van der Waals surface area contributed by atoms with Gasteiger partial charge in [-0.15, -0.1) is 16.8 Å². The normalized spacial score (nSPS) is 10.5. The van der Waals surface area contributed by atoms with Crippen molar-refractivity contribution < 1.29 is 14.3 Å². The van der Waals surface area contributed by atoms with Crippen molar-refractivity contribution in [2.24, 2.45) is 0 Å². The number of benzene rings is 2. The number of allylic oxidation sites excluding steroid dienone is 1. The van der Waals surface area contributed by atoms with Gasteiger partial charge in [0.15, 0.2) is 16.8 Å². The van der Waals surface area contributed by atoms with Gasteiger partial charge in [-0.05, 0) is 48.5 Å². The highest BCUT2D eigenvalue weighted by Gasteiger charge is 2.15. The third kappa shape index (κ3) is 6.05. The van der Waals surface area contributed by atoms with Crippen LogP contribution in [0.3, 0.4) is 0 Å². The third-order valence-electron chi connectivity index (χ3n) is 4.36. The Hall–Kier alpha value is -2.91. The number of Topliss-reactive ketones (excluding diaryl/α,β-unsaturated/α-hetero) is 1. The molecular weight excluding hydrogens is 480 g/mol. The first-order valence-electron chi connectivity index (χ1n) is 9.38. The molecule has 0 unspecified atom stereocenters. The summed E-state index contributed by atoms with van der Waals surface area (Å²) in [6, 6.07) is 14.1. The Morgan fingerprint density at radius 3 is 2.45 bits per heavy atom. The van der Waals surface area contributed by atoms with Crippen LogP contribution in [0.2, 0.25) is 0 Å². The molecule has 0 atom stereocenters. The van der Waals surface area contributed by atoms with Gasteiger partial charge in [-0.1, -0.05) is 33.8 Å². The fourth-order valence-corrected chi connectivity index (χ4v) is 3.85. The van der Waals surface area contributed by atoms with Gasteiger partial charge < -0.3 is 14.6 Å². The van der Waals surface area contributed by atoms with E-state index < -0.39 is 0 Å². The molecule has 2 aromatic carbocycles. The van der Waals surface area contributed by atoms with Gasteiger partial charge in [0.25, 0.3) is 5.91 Å². The number of nitrogens with zero attached hydrogens (tertiary/aromatic N) is 3. The lowest BCUT2D eigenvalue weighted by Gasteiger charge is -2.09. The van der Waals surface area contributed by atoms with E-state index in [1.54, 1.807) is 49.6 Å². The third-order valence-corrected chi connectivity index (χ3v) is 5.86. The highest BCUT2D eigenvalue weighted by atomic mass is 79.9. The SMILES string of the molecule is C=CCn1c(CNC(=O)c2ccc(Br)cc2)nnc1SCC(=O)c1ccc(OC)cc1. The number of ketones is 1. The van der Waals surface area contributed by atoms with Gasteiger partial charge in [0.05, 0.1) is 19.4 Å². The summed E-state index contributed by atoms with van der Waals surface area (Å²) in [5.41, 5.74) is 1.16. The zero-order valence-electron chi connectivity index (χ0n) is 16.9. The molecule has 1 N–H and O–H groups in total. The summed E-state index contributed by atoms with van der Waals surface area (Å²) in [6.07, 6.45) is 1.72. The summed E-state index contributed by atoms with van der Waals surface area (Å²) in [4.78, 5) is 24.8. The quantitative estimate of drug-likeness (QED) is 0.255. The summed E-state index contributed by atoms with van der Waals surface area (Å²) in [6.45, 7) is 4.45. The molecule has 9 heteroatoms. The molecule has 0 saturated carbocycles. The van der Waals surface area contributed by atoms with E-state index in [4.69, 9.17) is 4.74 Å². The molecule has 0 radical (unpaired) electrons. The average molecular weight is 501 g/mol. The monoisotopic (exact) mass is 500 g/mol. The molecule has 1 amide bonds. The summed E-state index contributed by atoms with van der Waals surface area (Å²) in [5, 5.41) is 11.8. The molecular formula is C22H21BrN4O3S. The Balaban J connectivity index is 1.63. The van der Waals surface area contributed by atoms with Crippen molar-refractivity contribution in [3.05, 3.63) is 82.6 Å². The predicted molar refractivity (Wildman–Crippen MR) is 124 cm³/mol. The maximum absolute atomic E-state index is 12.5. The topological polar surface area (TPSA) is 86.1 Å². The Morgan fingerprint density at radius 2 is 1.81 bits per heavy atom. The van der Waals surface area contributed by atoms with Crippen molar-refractivity contribution in [2.75, 3.05) is 12.9 Å². The average Bonchev–Trinajstić information content (AvgIpc) is 3.18. The number of carbonyl (C=O) groups is 2. The number of hydrogen-bond acceptors (Lipinski definition) is 6. The molecule has 0 aliphatic carbocycles. The summed E-state index contributed by atoms with van der Waals surface area (Å²) < 4.78 is 7.85. The predicted octanol–water partition coefficient (Wildman–Crippen LogP) is 4.14. The molecule has 7 nitrogen and oxygen atoms in total. The number of rotatable bonds is 10. The molecule has 3 aromatic rings. The number of hydrogen-bond donors (Lipinski definition) is 1. The van der Waals surface area contributed by atoms with E-state index in [9.17, 15) is 9.59 Å². The lowest BCUT2D eigenvalue weighted by atomic mass is 10.1. The summed E-state index contributed by atoms with van der Waals surface area (Å²) in [7, 11) is 1.58. The number of methoxy groups -OCH3 is 1. The van der Waals surface area contributed by atoms with E-state index in [0.717, 1.165) is 4.47 Å². The van der Waals surface area contributed by atoms with Crippen LogP contribution in [-0.4, -0.2) is 39.3 Å². The van der Waals surface area contributed by atoms with Gasteiger partial charge in [-0.2, -0.15) is 0 Å². The van der Waals surface area contributed by atoms with E-state index in [0.29, 0.717) is 34.4 Å². The Kier molecular flexibility index (Phi) is 8.02. The maximum Gasteiger partial charge on any atom is 0.251 e. The van der Waals surface area contributed by atoms with Crippen LogP contribution in [0.1, 0.15) is 26.5 Å². The van der Waals surface area contributed by atoms with Crippen LogP contribution in [0.25, 0.3) is 0 Å². The first kappa shape index (κ1) is 22.8. The molecule has 160 valence electrons. The van der Waals surface area contributed by atoms with Gasteiger partial charge in [0, 0.05) is 22.1 Å². The van der Waals surface area contributed by atoms with Crippen molar-refractivity contribution >= 4 is 39.4 Å². The Bertz CT molecular complexity index is 1070. The van der Waals surface area contributed by atoms with Crippen molar-refractivity contribution in [2.45, 2.75) is 18.2 Å². The van der Waals surface area contributed by atoms with Gasteiger partial charge in [-0.3, -0.25) is 9.59 Å². The lowest BCUT2D eigenvalue weighted by molar-refractivity contribution is 0.0948. The summed E-state index contributed by atoms with van der Waals surface area (Å²) >= 11 is 4.65. The molecule has 1 heterocycles. The second-order valence-corrected chi connectivity index (χ2v) is 8.29. The second kappa shape index (κ2) is 10.9. The van der Waals surface area contributed by atoms with Crippen LogP contribution in [-0.2, 0) is 13.1 Å². The molecule has 0 saturated heterocycles. The largest absolute Gasteiger partial charge is 0.497 e. The summed E-state index contributed by atoms with van der Waals surface area (Å²) in [5.74, 6) is 1.28. The molecule has 0 fully saturated rings. The molecule has 0 aliphatic heterocycles. The van der Waals surface area contributed by atoms with Gasteiger partial charge in [-0.25, -0.2) is 0 Å². The number of ether oxygens (including phenoxy) is 1. The minimum Gasteiger partial charge on any atom is -0.497 e. The number of carbonyl (C=O) groups excluding carboxylic acids is 2. The number of halogens is 1. The lowest BCUT2D eigenvalue weighted by Crippen LogP contribution is -2.24. The highest BCUT2D eigenvalue weighted by molar-refractivity contribution is 9.10. The molecule has 0 bridgehead atoms. The van der Waals surface area contributed by atoms with Crippen LogP contribution in [0.15, 0.2) is 70.8 Å². The van der Waals surface area contributed by atoms with Gasteiger partial charge in [0.2, 0.25) is 0 Å². The van der Waals surface area contributed by atoms with E-state index in [1.807, 2.05) is 16.7 Å². The molecule has 0 spiro atoms. The fraction of sp³-hybridized carbons (Fsp3) is 0.182. The first-order valence-corrected chi connectivity index (χ1v) is 11.2. The van der Waals surface area contributed by atoms with Crippen molar-refractivity contribution in [1.82, 2.24) is 20.1 Å². The van der Waals surface area contributed by atoms with Crippen molar-refractivity contribution in [3.63, 3.8) is 0 Å². The zero-order chi connectivity index (χ0) is 22.2. The fourth-order valence-electron chi connectivity index (χ4n) is 2.72. The van der Waals surface area contributed by atoms with E-state index in [1.165, 1.54) is 11.8 Å². The van der Waals surface area contributed by atoms with Crippen molar-refractivity contribution in [3.8, 4) is 5.75 Å². The van der Waals surface area contributed by atoms with Crippen molar-refractivity contribution in [1.29, 1.82) is 0 Å². The maximum atomic E-state index is 12.5. The van der Waals surface area contributed by atoms with E-state index in [-0.39, 0.29) is 24.0 Å². The van der Waals surface area contributed by atoms with Crippen LogP contribution < -0.4 is 10.1 Å².